The number of ether oxygens (including phenoxy) is 1. The Morgan fingerprint density at radius 2 is 1.79 bits per heavy atom. The van der Waals surface area contributed by atoms with E-state index in [2.05, 4.69) is 32.5 Å². The van der Waals surface area contributed by atoms with Crippen LogP contribution >= 0.6 is 0 Å². The normalized spacial score (nSPS) is 19.5. The van der Waals surface area contributed by atoms with Crippen LogP contribution in [0.5, 0.6) is 0 Å². The monoisotopic (exact) mass is 260 g/mol. The van der Waals surface area contributed by atoms with E-state index in [1.165, 1.54) is 0 Å². The fourth-order valence-corrected chi connectivity index (χ4v) is 2.23. The molecule has 3 nitrogen and oxygen atoms in total. The van der Waals surface area contributed by atoms with Gasteiger partial charge in [0.2, 0.25) is 0 Å². The molecular formula is C14H26BLiO3. The zero-order valence-electron chi connectivity index (χ0n) is 13.4. The minimum atomic E-state index is -1.55. The predicted molar refractivity (Wildman–Crippen MR) is 75.4 cm³/mol. The van der Waals surface area contributed by atoms with Crippen molar-refractivity contribution in [1.29, 1.82) is 0 Å². The van der Waals surface area contributed by atoms with Gasteiger partial charge in [-0.05, 0) is 47.8 Å². The van der Waals surface area contributed by atoms with E-state index in [1.807, 2.05) is 13.8 Å². The molecule has 0 saturated carbocycles. The van der Waals surface area contributed by atoms with Crippen LogP contribution < -0.4 is 18.9 Å². The maximum Gasteiger partial charge on any atom is 1.00 e. The Morgan fingerprint density at radius 1 is 1.21 bits per heavy atom. The first-order chi connectivity index (χ1) is 8.43. The zero-order chi connectivity index (χ0) is 13.6. The minimum Gasteiger partial charge on any atom is -0.558 e. The maximum atomic E-state index is 5.94. The third kappa shape index (κ3) is 5.94. The van der Waals surface area contributed by atoms with Crippen molar-refractivity contribution in [2.45, 2.75) is 46.9 Å². The van der Waals surface area contributed by atoms with Crippen LogP contribution in [0.15, 0.2) is 0 Å². The summed E-state index contributed by atoms with van der Waals surface area (Å²) in [5, 5.41) is 0. The third-order valence-electron chi connectivity index (χ3n) is 3.06. The summed E-state index contributed by atoms with van der Waals surface area (Å²) in [6, 6.07) is 0. The van der Waals surface area contributed by atoms with E-state index in [4.69, 9.17) is 14.0 Å². The van der Waals surface area contributed by atoms with Gasteiger partial charge in [-0.1, -0.05) is 12.2 Å². The van der Waals surface area contributed by atoms with E-state index in [9.17, 15) is 0 Å². The largest absolute Gasteiger partial charge is 1.00 e. The predicted octanol–water partition coefficient (Wildman–Crippen LogP) is -0.115. The van der Waals surface area contributed by atoms with Crippen LogP contribution in [0, 0.1) is 17.2 Å². The molecule has 1 heterocycles. The first-order valence-corrected chi connectivity index (χ1v) is 6.98. The molecule has 1 atom stereocenters. The Balaban J connectivity index is 0.00000324. The van der Waals surface area contributed by atoms with Gasteiger partial charge in [0.25, 0.3) is 0 Å². The van der Waals surface area contributed by atoms with E-state index in [0.717, 1.165) is 13.0 Å². The Bertz CT molecular complexity index is 305. The second-order valence-electron chi connectivity index (χ2n) is 5.82. The molecule has 0 N–H and O–H groups in total. The fourth-order valence-electron chi connectivity index (χ4n) is 2.23. The van der Waals surface area contributed by atoms with Crippen LogP contribution in [-0.4, -0.2) is 33.0 Å². The molecule has 5 heteroatoms. The molecule has 0 amide bonds. The molecule has 0 aliphatic carbocycles. The molecule has 1 fully saturated rings. The van der Waals surface area contributed by atoms with Crippen LogP contribution in [0.25, 0.3) is 0 Å². The Morgan fingerprint density at radius 3 is 2.16 bits per heavy atom. The summed E-state index contributed by atoms with van der Waals surface area (Å²) < 4.78 is 17.3. The second-order valence-corrected chi connectivity index (χ2v) is 5.82. The van der Waals surface area contributed by atoms with Gasteiger partial charge in [-0.25, -0.2) is 5.82 Å². The summed E-state index contributed by atoms with van der Waals surface area (Å²) in [4.78, 5) is 0. The van der Waals surface area contributed by atoms with Gasteiger partial charge in [-0.15, -0.1) is 5.92 Å². The molecule has 0 aromatic rings. The minimum absolute atomic E-state index is 0. The van der Waals surface area contributed by atoms with Crippen LogP contribution in [0.1, 0.15) is 41.0 Å². The van der Waals surface area contributed by atoms with Gasteiger partial charge in [0, 0.05) is 18.6 Å². The van der Waals surface area contributed by atoms with E-state index < -0.39 is 6.55 Å². The van der Waals surface area contributed by atoms with E-state index in [-0.39, 0.29) is 30.1 Å². The molecule has 1 aliphatic rings. The molecular weight excluding hydrogens is 234 g/mol. The molecule has 0 radical (unpaired) electrons. The second kappa shape index (κ2) is 8.40. The summed E-state index contributed by atoms with van der Waals surface area (Å²) in [6.07, 6.45) is 0.971. The smallest absolute Gasteiger partial charge is 0.558 e. The van der Waals surface area contributed by atoms with E-state index >= 15 is 0 Å². The summed E-state index contributed by atoms with van der Waals surface area (Å²) >= 11 is 0. The fraction of sp³-hybridized carbons (Fsp3) is 0.857. The molecule has 0 bridgehead atoms. The van der Waals surface area contributed by atoms with Gasteiger partial charge in [-0.3, -0.25) is 0 Å². The summed E-state index contributed by atoms with van der Waals surface area (Å²) in [5.74, 6) is 6.85. The van der Waals surface area contributed by atoms with Crippen molar-refractivity contribution in [1.82, 2.24) is 0 Å². The average molecular weight is 260 g/mol. The van der Waals surface area contributed by atoms with Crippen LogP contribution in [0.2, 0.25) is 5.82 Å². The van der Waals surface area contributed by atoms with Crippen LogP contribution in [0.3, 0.4) is 0 Å². The van der Waals surface area contributed by atoms with Gasteiger partial charge in [0.15, 0.2) is 0 Å². The van der Waals surface area contributed by atoms with Crippen molar-refractivity contribution < 1.29 is 32.9 Å². The van der Waals surface area contributed by atoms with Gasteiger partial charge < -0.3 is 14.0 Å². The first kappa shape index (κ1) is 19.1. The Kier molecular flexibility index (Phi) is 8.45. The van der Waals surface area contributed by atoms with Crippen molar-refractivity contribution in [3.05, 3.63) is 0 Å². The molecule has 19 heavy (non-hydrogen) atoms. The van der Waals surface area contributed by atoms with Gasteiger partial charge in [0.1, 0.15) is 0 Å². The average Bonchev–Trinajstić information content (AvgIpc) is 2.79. The molecule has 1 saturated heterocycles. The SMILES string of the molecule is CCO[B-](C#CC(C)(C)C)(OCC)C1CCOC1.[Li+]. The zero-order valence-corrected chi connectivity index (χ0v) is 13.4. The third-order valence-corrected chi connectivity index (χ3v) is 3.06. The molecule has 0 aromatic carbocycles. The molecule has 1 unspecified atom stereocenters. The quantitative estimate of drug-likeness (QED) is 0.509. The Labute approximate surface area is 130 Å². The van der Waals surface area contributed by atoms with Crippen molar-refractivity contribution >= 4 is 6.55 Å². The van der Waals surface area contributed by atoms with Crippen molar-refractivity contribution in [2.24, 2.45) is 5.41 Å². The number of hydrogen-bond acceptors (Lipinski definition) is 3. The van der Waals surface area contributed by atoms with Gasteiger partial charge in [0.05, 0.1) is 0 Å². The topological polar surface area (TPSA) is 27.7 Å². The maximum absolute atomic E-state index is 5.94. The molecule has 1 rings (SSSR count). The van der Waals surface area contributed by atoms with Crippen molar-refractivity contribution in [2.75, 3.05) is 26.4 Å². The van der Waals surface area contributed by atoms with Crippen LogP contribution in [0.4, 0.5) is 0 Å². The number of hydrogen-bond donors (Lipinski definition) is 0. The van der Waals surface area contributed by atoms with Crippen molar-refractivity contribution in [3.63, 3.8) is 0 Å². The summed E-state index contributed by atoms with van der Waals surface area (Å²) in [6.45, 7) is 11.5. The Hall–Kier alpha value is 0.102. The van der Waals surface area contributed by atoms with Gasteiger partial charge in [-0.2, -0.15) is 0 Å². The van der Waals surface area contributed by atoms with Crippen LogP contribution in [-0.2, 0) is 14.0 Å². The number of rotatable bonds is 5. The molecule has 0 spiro atoms. The summed E-state index contributed by atoms with van der Waals surface area (Å²) in [5.41, 5.74) is -0.0410. The van der Waals surface area contributed by atoms with E-state index in [1.54, 1.807) is 0 Å². The van der Waals surface area contributed by atoms with E-state index in [0.29, 0.717) is 19.8 Å². The first-order valence-electron chi connectivity index (χ1n) is 6.98. The standard InChI is InChI=1S/C14H26BO3.Li/c1-6-17-15(18-7-2,10-9-14(3,4)5)13-8-11-16-12-13;/h13H,6-8,11-12H2,1-5H3;/q-1;+1. The molecule has 1 aliphatic heterocycles. The van der Waals surface area contributed by atoms with Gasteiger partial charge >= 0.3 is 25.4 Å². The summed E-state index contributed by atoms with van der Waals surface area (Å²) in [7, 11) is 0. The molecule has 104 valence electrons. The molecule has 0 aromatic heterocycles. The van der Waals surface area contributed by atoms with Crippen molar-refractivity contribution in [3.8, 4) is 11.7 Å².